The Balaban J connectivity index is 2.22. The molecule has 90 valence electrons. The van der Waals surface area contributed by atoms with Crippen LogP contribution in [0, 0.1) is 5.41 Å². The highest BCUT2D eigenvalue weighted by Crippen LogP contribution is 2.28. The molecule has 0 saturated heterocycles. The summed E-state index contributed by atoms with van der Waals surface area (Å²) in [5, 5.41) is 0. The van der Waals surface area contributed by atoms with Gasteiger partial charge in [-0.05, 0) is 36.8 Å². The fourth-order valence-corrected chi connectivity index (χ4v) is 1.87. The normalized spacial score (nSPS) is 14.4. The van der Waals surface area contributed by atoms with Gasteiger partial charge in [-0.1, -0.05) is 32.0 Å². The molecular weight excluding hydrogens is 220 g/mol. The maximum absolute atomic E-state index is 5.96. The summed E-state index contributed by atoms with van der Waals surface area (Å²) in [7, 11) is 0. The summed E-state index contributed by atoms with van der Waals surface area (Å²) >= 11 is 5.96. The maximum Gasteiger partial charge on any atom is 0.119 e. The molecule has 1 nitrogen and oxygen atoms in total. The lowest BCUT2D eigenvalue weighted by Crippen LogP contribution is -2.18. The van der Waals surface area contributed by atoms with E-state index >= 15 is 0 Å². The van der Waals surface area contributed by atoms with Gasteiger partial charge in [0.15, 0.2) is 0 Å². The van der Waals surface area contributed by atoms with E-state index in [-0.39, 0.29) is 5.41 Å². The minimum Gasteiger partial charge on any atom is -0.494 e. The van der Waals surface area contributed by atoms with Crippen LogP contribution in [0.3, 0.4) is 0 Å². The Kier molecular flexibility index (Phi) is 5.68. The molecule has 0 aliphatic carbocycles. The van der Waals surface area contributed by atoms with Crippen molar-refractivity contribution in [2.75, 3.05) is 12.5 Å². The molecule has 0 spiro atoms. The van der Waals surface area contributed by atoms with Crippen molar-refractivity contribution < 1.29 is 4.74 Å². The average Bonchev–Trinajstić information content (AvgIpc) is 2.36. The number of benzene rings is 1. The van der Waals surface area contributed by atoms with E-state index in [2.05, 4.69) is 13.8 Å². The number of hydrogen-bond donors (Lipinski definition) is 0. The van der Waals surface area contributed by atoms with Gasteiger partial charge in [-0.15, -0.1) is 11.6 Å². The van der Waals surface area contributed by atoms with E-state index in [0.717, 1.165) is 37.5 Å². The molecule has 1 unspecified atom stereocenters. The van der Waals surface area contributed by atoms with E-state index in [1.165, 1.54) is 0 Å². The monoisotopic (exact) mass is 240 g/mol. The number of alkyl halides is 1. The first-order chi connectivity index (χ1) is 7.70. The van der Waals surface area contributed by atoms with Gasteiger partial charge in [-0.2, -0.15) is 0 Å². The Morgan fingerprint density at radius 1 is 1.25 bits per heavy atom. The van der Waals surface area contributed by atoms with E-state index in [4.69, 9.17) is 16.3 Å². The molecule has 2 heteroatoms. The first-order valence-corrected chi connectivity index (χ1v) is 6.47. The molecule has 0 fully saturated rings. The molecule has 0 aromatic heterocycles. The van der Waals surface area contributed by atoms with Crippen LogP contribution in [0.2, 0.25) is 0 Å². The second kappa shape index (κ2) is 6.80. The largest absolute Gasteiger partial charge is 0.494 e. The van der Waals surface area contributed by atoms with Crippen LogP contribution in [-0.2, 0) is 0 Å². The Hall–Kier alpha value is -0.690. The fourth-order valence-electron chi connectivity index (χ4n) is 1.54. The van der Waals surface area contributed by atoms with Crippen LogP contribution in [0.5, 0.6) is 5.75 Å². The van der Waals surface area contributed by atoms with Crippen molar-refractivity contribution in [1.29, 1.82) is 0 Å². The third-order valence-electron chi connectivity index (χ3n) is 3.11. The lowest BCUT2D eigenvalue weighted by Gasteiger charge is -2.25. The first-order valence-electron chi connectivity index (χ1n) is 5.94. The Labute approximate surface area is 104 Å². The summed E-state index contributed by atoms with van der Waals surface area (Å²) in [5.74, 6) is 1.68. The van der Waals surface area contributed by atoms with Crippen LogP contribution < -0.4 is 4.74 Å². The molecule has 1 rings (SSSR count). The van der Waals surface area contributed by atoms with Crippen LogP contribution >= 0.6 is 11.6 Å². The number of hydrogen-bond acceptors (Lipinski definition) is 1. The zero-order valence-corrected chi connectivity index (χ0v) is 11.0. The average molecular weight is 241 g/mol. The van der Waals surface area contributed by atoms with E-state index in [9.17, 15) is 0 Å². The Morgan fingerprint density at radius 2 is 1.94 bits per heavy atom. The summed E-state index contributed by atoms with van der Waals surface area (Å²) in [6.07, 6.45) is 3.31. The van der Waals surface area contributed by atoms with Crippen LogP contribution in [-0.4, -0.2) is 12.5 Å². The van der Waals surface area contributed by atoms with Crippen molar-refractivity contribution in [3.63, 3.8) is 0 Å². The minimum atomic E-state index is 0.265. The van der Waals surface area contributed by atoms with Crippen molar-refractivity contribution in [2.24, 2.45) is 5.41 Å². The van der Waals surface area contributed by atoms with E-state index in [0.29, 0.717) is 0 Å². The zero-order chi connectivity index (χ0) is 11.9. The van der Waals surface area contributed by atoms with Crippen molar-refractivity contribution in [1.82, 2.24) is 0 Å². The van der Waals surface area contributed by atoms with Gasteiger partial charge in [0.1, 0.15) is 5.75 Å². The smallest absolute Gasteiger partial charge is 0.119 e. The molecule has 16 heavy (non-hydrogen) atoms. The highest BCUT2D eigenvalue weighted by molar-refractivity contribution is 6.18. The summed E-state index contributed by atoms with van der Waals surface area (Å²) in [4.78, 5) is 0. The topological polar surface area (TPSA) is 9.23 Å². The molecule has 0 amide bonds. The lowest BCUT2D eigenvalue weighted by atomic mass is 9.85. The van der Waals surface area contributed by atoms with Gasteiger partial charge in [-0.25, -0.2) is 0 Å². The predicted molar refractivity (Wildman–Crippen MR) is 70.3 cm³/mol. The molecular formula is C14H21ClO. The second-order valence-corrected chi connectivity index (χ2v) is 4.83. The number of para-hydroxylation sites is 1. The predicted octanol–water partition coefficient (Wildman–Crippen LogP) is 4.50. The van der Waals surface area contributed by atoms with Gasteiger partial charge in [0.25, 0.3) is 0 Å². The third kappa shape index (κ3) is 4.44. The van der Waals surface area contributed by atoms with Crippen molar-refractivity contribution in [2.45, 2.75) is 33.1 Å². The maximum atomic E-state index is 5.96. The van der Waals surface area contributed by atoms with Crippen molar-refractivity contribution in [3.05, 3.63) is 30.3 Å². The summed E-state index contributed by atoms with van der Waals surface area (Å²) in [6, 6.07) is 9.95. The van der Waals surface area contributed by atoms with Crippen molar-refractivity contribution >= 4 is 11.6 Å². The molecule has 0 N–H and O–H groups in total. The molecule has 1 aromatic rings. The van der Waals surface area contributed by atoms with Crippen LogP contribution in [0.25, 0.3) is 0 Å². The van der Waals surface area contributed by atoms with E-state index in [1.54, 1.807) is 0 Å². The third-order valence-corrected chi connectivity index (χ3v) is 3.76. The van der Waals surface area contributed by atoms with Gasteiger partial charge in [0.05, 0.1) is 6.61 Å². The molecule has 0 saturated carbocycles. The second-order valence-electron chi connectivity index (χ2n) is 4.56. The summed E-state index contributed by atoms with van der Waals surface area (Å²) in [5.41, 5.74) is 0.265. The van der Waals surface area contributed by atoms with Gasteiger partial charge in [0.2, 0.25) is 0 Å². The molecule has 0 heterocycles. The first kappa shape index (κ1) is 13.4. The van der Waals surface area contributed by atoms with Crippen LogP contribution in [0.15, 0.2) is 30.3 Å². The van der Waals surface area contributed by atoms with E-state index in [1.807, 2.05) is 30.3 Å². The van der Waals surface area contributed by atoms with Crippen molar-refractivity contribution in [3.8, 4) is 5.75 Å². The number of rotatable bonds is 7. The highest BCUT2D eigenvalue weighted by atomic mass is 35.5. The molecule has 0 aliphatic heterocycles. The summed E-state index contributed by atoms with van der Waals surface area (Å²) < 4.78 is 5.65. The molecule has 1 atom stereocenters. The Bertz CT molecular complexity index is 280. The molecule has 0 bridgehead atoms. The number of ether oxygens (including phenoxy) is 1. The quantitative estimate of drug-likeness (QED) is 0.504. The molecule has 0 aliphatic rings. The van der Waals surface area contributed by atoms with Gasteiger partial charge >= 0.3 is 0 Å². The minimum absolute atomic E-state index is 0.265. The van der Waals surface area contributed by atoms with Gasteiger partial charge in [-0.3, -0.25) is 0 Å². The number of halogens is 1. The standard InChI is InChI=1S/C14H21ClO/c1-3-14(2,12-15)10-7-11-16-13-8-5-4-6-9-13/h4-6,8-9H,3,7,10-12H2,1-2H3. The fraction of sp³-hybridized carbons (Fsp3) is 0.571. The van der Waals surface area contributed by atoms with E-state index < -0.39 is 0 Å². The molecule has 0 radical (unpaired) electrons. The highest BCUT2D eigenvalue weighted by Gasteiger charge is 2.19. The molecule has 1 aromatic carbocycles. The van der Waals surface area contributed by atoms with Gasteiger partial charge in [0, 0.05) is 5.88 Å². The Morgan fingerprint density at radius 3 is 2.50 bits per heavy atom. The van der Waals surface area contributed by atoms with Crippen LogP contribution in [0.1, 0.15) is 33.1 Å². The SMILES string of the molecule is CCC(C)(CCl)CCCOc1ccccc1. The summed E-state index contributed by atoms with van der Waals surface area (Å²) in [6.45, 7) is 5.21. The van der Waals surface area contributed by atoms with Crippen LogP contribution in [0.4, 0.5) is 0 Å². The zero-order valence-electron chi connectivity index (χ0n) is 10.2. The van der Waals surface area contributed by atoms with Gasteiger partial charge < -0.3 is 4.74 Å². The lowest BCUT2D eigenvalue weighted by molar-refractivity contribution is 0.254.